The van der Waals surface area contributed by atoms with Gasteiger partial charge in [0, 0.05) is 44.7 Å². The summed E-state index contributed by atoms with van der Waals surface area (Å²) in [6.07, 6.45) is 1.77. The summed E-state index contributed by atoms with van der Waals surface area (Å²) in [6, 6.07) is 3.73. The van der Waals surface area contributed by atoms with Crippen LogP contribution in [0.15, 0.2) is 12.1 Å². The number of pyridine rings is 1. The molecule has 0 bridgehead atoms. The maximum Gasteiger partial charge on any atom is 0.0328 e. The Morgan fingerprint density at radius 2 is 2.00 bits per heavy atom. The molecule has 0 saturated heterocycles. The first-order valence-electron chi connectivity index (χ1n) is 3.06. The molecule has 0 aliphatic rings. The maximum absolute atomic E-state index is 10.2. The number of aromatic nitrogens is 1. The topological polar surface area (TPSA) is 30.0 Å². The molecule has 3 heteroatoms. The molecule has 1 aromatic heterocycles. The molecule has 11 heavy (non-hydrogen) atoms. The first-order chi connectivity index (χ1) is 4.74. The van der Waals surface area contributed by atoms with Gasteiger partial charge in [0.15, 0.2) is 0 Å². The van der Waals surface area contributed by atoms with Crippen LogP contribution in [0.25, 0.3) is 0 Å². The number of nitrogens with zero attached hydrogens (tertiary/aromatic N) is 1. The van der Waals surface area contributed by atoms with Crippen molar-refractivity contribution in [2.45, 2.75) is 13.8 Å². The van der Waals surface area contributed by atoms with Gasteiger partial charge in [-0.3, -0.25) is 4.98 Å². The van der Waals surface area contributed by atoms with Gasteiger partial charge in [-0.25, -0.2) is 0 Å². The van der Waals surface area contributed by atoms with Crippen LogP contribution < -0.4 is 0 Å². The third-order valence-electron chi connectivity index (χ3n) is 1.33. The molecule has 2 nitrogen and oxygen atoms in total. The van der Waals surface area contributed by atoms with Gasteiger partial charge in [0.2, 0.25) is 0 Å². The molecule has 1 rings (SSSR count). The summed E-state index contributed by atoms with van der Waals surface area (Å²) in [5.41, 5.74) is 2.14. The smallest absolute Gasteiger partial charge is 0.0328 e. The Balaban J connectivity index is 0.000001000. The van der Waals surface area contributed by atoms with E-state index in [1.54, 1.807) is 6.29 Å². The molecule has 0 unspecified atom stereocenters. The van der Waals surface area contributed by atoms with Crippen molar-refractivity contribution in [3.8, 4) is 0 Å². The summed E-state index contributed by atoms with van der Waals surface area (Å²) in [5.74, 6) is 0. The van der Waals surface area contributed by atoms with Crippen molar-refractivity contribution in [1.82, 2.24) is 4.98 Å². The zero-order valence-corrected chi connectivity index (χ0v) is 9.43. The third-order valence-corrected chi connectivity index (χ3v) is 1.33. The molecule has 1 aromatic rings. The first-order valence-corrected chi connectivity index (χ1v) is 3.06. The van der Waals surface area contributed by atoms with Crippen molar-refractivity contribution in [3.63, 3.8) is 0 Å². The van der Waals surface area contributed by atoms with Crippen LogP contribution in [-0.2, 0) is 37.5 Å². The molecule has 0 N–H and O–H groups in total. The van der Waals surface area contributed by atoms with E-state index >= 15 is 0 Å². The molecule has 1 heterocycles. The van der Waals surface area contributed by atoms with E-state index in [-0.39, 0.29) is 32.7 Å². The molecule has 1 radical (unpaired) electrons. The Bertz CT molecular complexity index is 260. The van der Waals surface area contributed by atoms with Crippen LogP contribution in [-0.4, -0.2) is 11.3 Å². The van der Waals surface area contributed by atoms with Gasteiger partial charge in [0.25, 0.3) is 0 Å². The van der Waals surface area contributed by atoms with Gasteiger partial charge >= 0.3 is 0 Å². The molecule has 0 fully saturated rings. The molecule has 55 valence electrons. The Labute approximate surface area is 91.3 Å². The van der Waals surface area contributed by atoms with Gasteiger partial charge in [0.1, 0.15) is 0 Å². The summed E-state index contributed by atoms with van der Waals surface area (Å²) in [5, 5.41) is 0. The monoisotopic (exact) mass is 223 g/mol. The summed E-state index contributed by atoms with van der Waals surface area (Å²) in [6.45, 7) is 3.69. The van der Waals surface area contributed by atoms with Gasteiger partial charge < -0.3 is 4.79 Å². The standard InChI is InChI=1S/C8H8NO.Y/c1-6-3-4-7(2)9-8(6)5-10;/h3-4H,1-2H3;/q-1;. The largest absolute Gasteiger partial charge is 0.417 e. The first kappa shape index (κ1) is 10.9. The summed E-state index contributed by atoms with van der Waals surface area (Å²) in [4.78, 5) is 14.2. The second kappa shape index (κ2) is 4.73. The average Bonchev–Trinajstić information content (AvgIpc) is 1.94. The van der Waals surface area contributed by atoms with Crippen molar-refractivity contribution in [2.75, 3.05) is 0 Å². The van der Waals surface area contributed by atoms with Crippen LogP contribution in [0.3, 0.4) is 0 Å². The molecule has 0 aliphatic heterocycles. The second-order valence-corrected chi connectivity index (χ2v) is 2.22. The van der Waals surface area contributed by atoms with Crippen molar-refractivity contribution in [3.05, 3.63) is 29.1 Å². The van der Waals surface area contributed by atoms with E-state index in [9.17, 15) is 4.79 Å². The van der Waals surface area contributed by atoms with Crippen LogP contribution in [0.1, 0.15) is 17.0 Å². The number of aryl methyl sites for hydroxylation is 2. The van der Waals surface area contributed by atoms with Gasteiger partial charge in [-0.15, -0.1) is 13.0 Å². The molecular formula is C8H8NOY-. The van der Waals surface area contributed by atoms with Gasteiger partial charge in [-0.05, 0) is 6.92 Å². The van der Waals surface area contributed by atoms with E-state index in [0.717, 1.165) is 11.3 Å². The van der Waals surface area contributed by atoms with Crippen molar-refractivity contribution >= 4 is 6.29 Å². The molecule has 0 amide bonds. The quantitative estimate of drug-likeness (QED) is 0.668. The number of carbonyl (C=O) groups excluding carboxylic acids is 1. The van der Waals surface area contributed by atoms with E-state index in [0.29, 0.717) is 5.69 Å². The van der Waals surface area contributed by atoms with Gasteiger partial charge in [-0.2, -0.15) is 5.56 Å². The zero-order chi connectivity index (χ0) is 7.56. The van der Waals surface area contributed by atoms with Crippen LogP contribution in [0.4, 0.5) is 0 Å². The fourth-order valence-corrected chi connectivity index (χ4v) is 0.730. The van der Waals surface area contributed by atoms with Crippen LogP contribution >= 0.6 is 0 Å². The fourth-order valence-electron chi connectivity index (χ4n) is 0.730. The summed E-state index contributed by atoms with van der Waals surface area (Å²) < 4.78 is 0. The minimum atomic E-state index is 0. The molecule has 0 saturated carbocycles. The molecular weight excluding hydrogens is 215 g/mol. The predicted octanol–water partition coefficient (Wildman–Crippen LogP) is 1.15. The zero-order valence-electron chi connectivity index (χ0n) is 6.59. The fraction of sp³-hybridized carbons (Fsp3) is 0.250. The Kier molecular flexibility index (Phi) is 4.70. The molecule has 0 aliphatic carbocycles. The van der Waals surface area contributed by atoms with E-state index in [1.807, 2.05) is 26.0 Å². The number of rotatable bonds is 1. The maximum atomic E-state index is 10.2. The minimum absolute atomic E-state index is 0. The van der Waals surface area contributed by atoms with E-state index in [1.165, 1.54) is 0 Å². The second-order valence-electron chi connectivity index (χ2n) is 2.22. The van der Waals surface area contributed by atoms with E-state index in [4.69, 9.17) is 0 Å². The minimum Gasteiger partial charge on any atom is -0.417 e. The van der Waals surface area contributed by atoms with Crippen LogP contribution in [0.2, 0.25) is 0 Å². The number of hydrogen-bond donors (Lipinski definition) is 0. The summed E-state index contributed by atoms with van der Waals surface area (Å²) >= 11 is 0. The van der Waals surface area contributed by atoms with Crippen LogP contribution in [0, 0.1) is 13.8 Å². The van der Waals surface area contributed by atoms with Crippen molar-refractivity contribution < 1.29 is 37.5 Å². The molecule has 0 aromatic carbocycles. The SMILES string of the molecule is Cc1ccc(C)c([C-]=O)n1.[Y]. The average molecular weight is 223 g/mol. The van der Waals surface area contributed by atoms with Crippen molar-refractivity contribution in [2.24, 2.45) is 0 Å². The Morgan fingerprint density at radius 3 is 2.45 bits per heavy atom. The van der Waals surface area contributed by atoms with Crippen LogP contribution in [0.5, 0.6) is 0 Å². The van der Waals surface area contributed by atoms with Gasteiger partial charge in [0.05, 0.1) is 0 Å². The Morgan fingerprint density at radius 1 is 1.36 bits per heavy atom. The van der Waals surface area contributed by atoms with Crippen molar-refractivity contribution in [1.29, 1.82) is 0 Å². The normalized spacial score (nSPS) is 8.55. The third kappa shape index (κ3) is 2.80. The summed E-state index contributed by atoms with van der Waals surface area (Å²) in [7, 11) is 0. The molecule has 0 atom stereocenters. The number of hydrogen-bond acceptors (Lipinski definition) is 2. The predicted molar refractivity (Wildman–Crippen MR) is 38.5 cm³/mol. The van der Waals surface area contributed by atoms with E-state index in [2.05, 4.69) is 4.98 Å². The van der Waals surface area contributed by atoms with E-state index < -0.39 is 0 Å². The van der Waals surface area contributed by atoms with Gasteiger partial charge in [-0.1, -0.05) is 11.8 Å². The Hall–Kier alpha value is -0.0761. The molecule has 0 spiro atoms.